The molecule has 1 fully saturated rings. The van der Waals surface area contributed by atoms with Crippen LogP contribution in [-0.2, 0) is 51.5 Å². The van der Waals surface area contributed by atoms with Crippen molar-refractivity contribution < 1.29 is 51.5 Å². The Morgan fingerprint density at radius 1 is 1.82 bits per heavy atom. The first-order chi connectivity index (χ1) is 4.83. The second kappa shape index (κ2) is 6.12. The first-order valence-corrected chi connectivity index (χ1v) is 3.09. The molecule has 1 aliphatic rings. The SMILES string of the molecule is CB1OCC(CO[C-]=O)O1.[Y]. The largest absolute Gasteiger partial charge is 0.651 e. The van der Waals surface area contributed by atoms with Gasteiger partial charge in [0.1, 0.15) is 0 Å². The summed E-state index contributed by atoms with van der Waals surface area (Å²) >= 11 is 0. The third-order valence-electron chi connectivity index (χ3n) is 1.23. The van der Waals surface area contributed by atoms with Gasteiger partial charge in [0.15, 0.2) is 0 Å². The van der Waals surface area contributed by atoms with Gasteiger partial charge >= 0.3 is 7.12 Å². The second-order valence-electron chi connectivity index (χ2n) is 2.05. The predicted molar refractivity (Wildman–Crippen MR) is 34.1 cm³/mol. The van der Waals surface area contributed by atoms with Crippen molar-refractivity contribution >= 4 is 13.6 Å². The van der Waals surface area contributed by atoms with E-state index in [1.54, 1.807) is 6.82 Å². The normalized spacial score (nSPS) is 22.6. The Morgan fingerprint density at radius 3 is 3.00 bits per heavy atom. The van der Waals surface area contributed by atoms with Crippen molar-refractivity contribution in [1.82, 2.24) is 0 Å². The van der Waals surface area contributed by atoms with E-state index in [4.69, 9.17) is 9.31 Å². The summed E-state index contributed by atoms with van der Waals surface area (Å²) in [5.41, 5.74) is 0. The summed E-state index contributed by atoms with van der Waals surface area (Å²) in [6.45, 7) is 3.84. The van der Waals surface area contributed by atoms with Crippen molar-refractivity contribution in [2.75, 3.05) is 13.2 Å². The third-order valence-corrected chi connectivity index (χ3v) is 1.23. The van der Waals surface area contributed by atoms with Gasteiger partial charge in [-0.25, -0.2) is 0 Å². The van der Waals surface area contributed by atoms with E-state index in [9.17, 15) is 4.79 Å². The van der Waals surface area contributed by atoms with Gasteiger partial charge in [-0.1, -0.05) is 6.47 Å². The monoisotopic (exact) mass is 232 g/mol. The fraction of sp³-hybridized carbons (Fsp3) is 0.800. The van der Waals surface area contributed by atoms with Crippen LogP contribution in [0.3, 0.4) is 0 Å². The van der Waals surface area contributed by atoms with E-state index in [0.717, 1.165) is 0 Å². The molecule has 1 radical (unpaired) electrons. The number of hydrogen-bond acceptors (Lipinski definition) is 4. The molecule has 1 rings (SSSR count). The first kappa shape index (κ1) is 11.6. The quantitative estimate of drug-likeness (QED) is 0.490. The van der Waals surface area contributed by atoms with Crippen LogP contribution in [0.15, 0.2) is 0 Å². The summed E-state index contributed by atoms with van der Waals surface area (Å²) in [6, 6.07) is 0. The minimum absolute atomic E-state index is 0. The maximum atomic E-state index is 9.60. The molecular weight excluding hydrogens is 224 g/mol. The molecule has 0 aliphatic carbocycles. The summed E-state index contributed by atoms with van der Waals surface area (Å²) in [5.74, 6) is 0. The van der Waals surface area contributed by atoms with Gasteiger partial charge in [0, 0.05) is 32.7 Å². The van der Waals surface area contributed by atoms with Gasteiger partial charge in [-0.05, 0) is 6.82 Å². The molecule has 6 heteroatoms. The summed E-state index contributed by atoms with van der Waals surface area (Å²) in [4.78, 5) is 9.60. The Bertz CT molecular complexity index is 123. The molecule has 0 aromatic heterocycles. The van der Waals surface area contributed by atoms with Crippen molar-refractivity contribution in [2.45, 2.75) is 12.9 Å². The van der Waals surface area contributed by atoms with Crippen molar-refractivity contribution in [3.8, 4) is 0 Å². The number of hydrogen-bond donors (Lipinski definition) is 0. The van der Waals surface area contributed by atoms with Gasteiger partial charge in [0.25, 0.3) is 0 Å². The van der Waals surface area contributed by atoms with E-state index in [2.05, 4.69) is 4.74 Å². The molecule has 11 heavy (non-hydrogen) atoms. The molecule has 4 nitrogen and oxygen atoms in total. The average molecular weight is 232 g/mol. The number of ether oxygens (including phenoxy) is 1. The Balaban J connectivity index is 0.000001000. The summed E-state index contributed by atoms with van der Waals surface area (Å²) in [6.07, 6.45) is -0.114. The molecule has 59 valence electrons. The van der Waals surface area contributed by atoms with E-state index < -0.39 is 0 Å². The van der Waals surface area contributed by atoms with E-state index in [0.29, 0.717) is 6.61 Å². The molecule has 0 spiro atoms. The Labute approximate surface area is 91.0 Å². The molecule has 0 aromatic rings. The van der Waals surface area contributed by atoms with Gasteiger partial charge in [-0.15, -0.1) is 0 Å². The zero-order valence-electron chi connectivity index (χ0n) is 6.28. The van der Waals surface area contributed by atoms with Crippen LogP contribution < -0.4 is 0 Å². The maximum Gasteiger partial charge on any atom is 0.454 e. The van der Waals surface area contributed by atoms with Crippen molar-refractivity contribution in [1.29, 1.82) is 0 Å². The smallest absolute Gasteiger partial charge is 0.454 e. The molecule has 1 atom stereocenters. The molecule has 0 amide bonds. The van der Waals surface area contributed by atoms with Gasteiger partial charge < -0.3 is 18.8 Å². The van der Waals surface area contributed by atoms with Crippen LogP contribution in [0.1, 0.15) is 0 Å². The van der Waals surface area contributed by atoms with E-state index in [-0.39, 0.29) is 52.5 Å². The summed E-state index contributed by atoms with van der Waals surface area (Å²) < 4.78 is 14.5. The standard InChI is InChI=1S/C5H8BO4.Y/c1-6-9-3-5(10-6)2-8-4-7;/h5H,2-3H2,1H3;/q-1;. The summed E-state index contributed by atoms with van der Waals surface area (Å²) in [5, 5.41) is 0. The Kier molecular flexibility index (Phi) is 6.43. The maximum absolute atomic E-state index is 9.60. The van der Waals surface area contributed by atoms with Gasteiger partial charge in [-0.2, -0.15) is 0 Å². The third kappa shape index (κ3) is 4.21. The molecule has 0 saturated carbocycles. The van der Waals surface area contributed by atoms with Crippen molar-refractivity contribution in [2.24, 2.45) is 0 Å². The van der Waals surface area contributed by atoms with Crippen LogP contribution in [0.5, 0.6) is 0 Å². The number of rotatable bonds is 3. The topological polar surface area (TPSA) is 44.8 Å². The molecule has 1 heterocycles. The Hall–Kier alpha value is 0.559. The van der Waals surface area contributed by atoms with Crippen molar-refractivity contribution in [3.63, 3.8) is 0 Å². The molecule has 1 unspecified atom stereocenters. The van der Waals surface area contributed by atoms with Crippen LogP contribution in [0.25, 0.3) is 0 Å². The van der Waals surface area contributed by atoms with Crippen LogP contribution in [0, 0.1) is 0 Å². The fourth-order valence-electron chi connectivity index (χ4n) is 0.807. The van der Waals surface area contributed by atoms with Crippen LogP contribution in [0.2, 0.25) is 6.82 Å². The van der Waals surface area contributed by atoms with Crippen LogP contribution in [0.4, 0.5) is 0 Å². The Morgan fingerprint density at radius 2 is 2.55 bits per heavy atom. The molecule has 1 aliphatic heterocycles. The first-order valence-electron chi connectivity index (χ1n) is 3.09. The van der Waals surface area contributed by atoms with E-state index in [1.807, 2.05) is 0 Å². The van der Waals surface area contributed by atoms with Crippen LogP contribution >= 0.6 is 0 Å². The molecule has 1 saturated heterocycles. The molecule has 0 bridgehead atoms. The van der Waals surface area contributed by atoms with Crippen LogP contribution in [-0.4, -0.2) is 32.9 Å². The average Bonchev–Trinajstić information content (AvgIpc) is 2.31. The molecule has 0 N–H and O–H groups in total. The second-order valence-corrected chi connectivity index (χ2v) is 2.05. The van der Waals surface area contributed by atoms with E-state index in [1.165, 1.54) is 6.47 Å². The van der Waals surface area contributed by atoms with Gasteiger partial charge in [0.05, 0.1) is 19.3 Å². The van der Waals surface area contributed by atoms with Gasteiger partial charge in [0.2, 0.25) is 0 Å². The summed E-state index contributed by atoms with van der Waals surface area (Å²) in [7, 11) is -0.180. The van der Waals surface area contributed by atoms with E-state index >= 15 is 0 Å². The number of carbonyl (C=O) groups excluding carboxylic acids is 1. The fourth-order valence-corrected chi connectivity index (χ4v) is 0.807. The zero-order valence-corrected chi connectivity index (χ0v) is 9.12. The predicted octanol–water partition coefficient (Wildman–Crippen LogP) is -0.399. The molecule has 0 aromatic carbocycles. The van der Waals surface area contributed by atoms with Crippen molar-refractivity contribution in [3.05, 3.63) is 0 Å². The minimum atomic E-state index is -0.180. The minimum Gasteiger partial charge on any atom is -0.651 e. The van der Waals surface area contributed by atoms with Gasteiger partial charge in [-0.3, -0.25) is 0 Å². The zero-order chi connectivity index (χ0) is 7.40. The molecular formula is C5H8BO4Y-.